The molecule has 0 radical (unpaired) electrons. The van der Waals surface area contributed by atoms with Gasteiger partial charge in [-0.2, -0.15) is 0 Å². The molecule has 9 heteroatoms. The van der Waals surface area contributed by atoms with Crippen LogP contribution in [0.15, 0.2) is 0 Å². The van der Waals surface area contributed by atoms with Crippen molar-refractivity contribution in [2.75, 3.05) is 0 Å². The maximum atomic E-state index is 12.0. The summed E-state index contributed by atoms with van der Waals surface area (Å²) in [5.41, 5.74) is 0. The average Bonchev–Trinajstić information content (AvgIpc) is 2.55. The van der Waals surface area contributed by atoms with Gasteiger partial charge in [0.15, 0.2) is 6.29 Å². The first kappa shape index (κ1) is 21.8. The molecule has 1 aliphatic rings. The Kier molecular flexibility index (Phi) is 8.74. The molecule has 1 fully saturated rings. The zero-order valence-corrected chi connectivity index (χ0v) is 14.7. The molecule has 4 N–H and O–H groups in total. The Morgan fingerprint density at radius 2 is 1.60 bits per heavy atom. The van der Waals surface area contributed by atoms with E-state index < -0.39 is 54.9 Å². The Hall–Kier alpha value is -1.26. The van der Waals surface area contributed by atoms with Crippen LogP contribution in [-0.2, 0) is 23.8 Å². The van der Waals surface area contributed by atoms with E-state index >= 15 is 0 Å². The SMILES string of the molecule is CC[C@@H](CC(=O)O)OC(=O)C[C@H](CC)O[C@@H]1OC(C)[C@H](O)[C@H](O)C1O. The zero-order valence-electron chi connectivity index (χ0n) is 14.7. The second-order valence-electron chi connectivity index (χ2n) is 6.17. The average molecular weight is 364 g/mol. The summed E-state index contributed by atoms with van der Waals surface area (Å²) in [6.45, 7) is 5.01. The minimum Gasteiger partial charge on any atom is -0.481 e. The first-order chi connectivity index (χ1) is 11.7. The topological polar surface area (TPSA) is 143 Å². The number of carboxylic acids is 1. The number of hydrogen-bond acceptors (Lipinski definition) is 8. The van der Waals surface area contributed by atoms with Gasteiger partial charge in [0.2, 0.25) is 0 Å². The molecule has 0 saturated carbocycles. The monoisotopic (exact) mass is 364 g/mol. The maximum absolute atomic E-state index is 12.0. The molecule has 0 aromatic heterocycles. The quantitative estimate of drug-likeness (QED) is 0.409. The van der Waals surface area contributed by atoms with Gasteiger partial charge in [-0.05, 0) is 19.8 Å². The second-order valence-corrected chi connectivity index (χ2v) is 6.17. The van der Waals surface area contributed by atoms with Crippen molar-refractivity contribution in [1.29, 1.82) is 0 Å². The standard InChI is InChI=1S/C16H28O9/c1-4-9(6-11(17)18)24-12(19)7-10(5-2)25-16-15(22)14(21)13(20)8(3)23-16/h8-10,13-16,20-22H,4-7H2,1-3H3,(H,17,18)/t8?,9-,10-,13-,14-,15?,16-/m0/s1. The van der Waals surface area contributed by atoms with E-state index in [0.29, 0.717) is 12.8 Å². The normalized spacial score (nSPS) is 32.0. The predicted octanol–water partition coefficient (Wildman–Crippen LogP) is -0.204. The van der Waals surface area contributed by atoms with Crippen molar-refractivity contribution >= 4 is 11.9 Å². The Bertz CT molecular complexity index is 441. The number of carbonyl (C=O) groups is 2. The highest BCUT2D eigenvalue weighted by Crippen LogP contribution is 2.24. The summed E-state index contributed by atoms with van der Waals surface area (Å²) in [4.78, 5) is 22.7. The fourth-order valence-corrected chi connectivity index (χ4v) is 2.49. The van der Waals surface area contributed by atoms with Crippen molar-refractivity contribution in [3.05, 3.63) is 0 Å². The minimum atomic E-state index is -1.45. The number of ether oxygens (including phenoxy) is 3. The van der Waals surface area contributed by atoms with Gasteiger partial charge in [-0.3, -0.25) is 9.59 Å². The number of esters is 1. The number of aliphatic carboxylic acids is 1. The smallest absolute Gasteiger partial charge is 0.308 e. The third kappa shape index (κ3) is 6.52. The molecule has 2 unspecified atom stereocenters. The Labute approximate surface area is 146 Å². The van der Waals surface area contributed by atoms with E-state index in [4.69, 9.17) is 19.3 Å². The molecule has 9 nitrogen and oxygen atoms in total. The Morgan fingerprint density at radius 1 is 1.00 bits per heavy atom. The lowest BCUT2D eigenvalue weighted by Gasteiger charge is -2.40. The van der Waals surface area contributed by atoms with Crippen LogP contribution in [0, 0.1) is 0 Å². The van der Waals surface area contributed by atoms with E-state index in [1.165, 1.54) is 6.92 Å². The third-order valence-corrected chi connectivity index (χ3v) is 4.14. The molecular weight excluding hydrogens is 336 g/mol. The summed E-state index contributed by atoms with van der Waals surface area (Å²) >= 11 is 0. The van der Waals surface area contributed by atoms with Crippen LogP contribution in [0.2, 0.25) is 0 Å². The third-order valence-electron chi connectivity index (χ3n) is 4.14. The van der Waals surface area contributed by atoms with Gasteiger partial charge in [-0.1, -0.05) is 13.8 Å². The highest BCUT2D eigenvalue weighted by molar-refractivity contribution is 5.71. The van der Waals surface area contributed by atoms with Crippen LogP contribution >= 0.6 is 0 Å². The van der Waals surface area contributed by atoms with E-state index in [2.05, 4.69) is 0 Å². The zero-order chi connectivity index (χ0) is 19.1. The van der Waals surface area contributed by atoms with Crippen LogP contribution in [0.1, 0.15) is 46.5 Å². The van der Waals surface area contributed by atoms with Gasteiger partial charge in [-0.15, -0.1) is 0 Å². The number of carboxylic acid groups (broad SMARTS) is 1. The van der Waals surface area contributed by atoms with E-state index in [1.807, 2.05) is 0 Å². The molecule has 1 heterocycles. The van der Waals surface area contributed by atoms with E-state index in [1.54, 1.807) is 13.8 Å². The summed E-state index contributed by atoms with van der Waals surface area (Å²) in [7, 11) is 0. The Balaban J connectivity index is 2.58. The predicted molar refractivity (Wildman–Crippen MR) is 84.6 cm³/mol. The first-order valence-corrected chi connectivity index (χ1v) is 8.45. The van der Waals surface area contributed by atoms with Gasteiger partial charge in [0.05, 0.1) is 25.0 Å². The minimum absolute atomic E-state index is 0.147. The molecule has 0 spiro atoms. The van der Waals surface area contributed by atoms with Gasteiger partial charge in [0, 0.05) is 0 Å². The molecule has 0 aliphatic carbocycles. The van der Waals surface area contributed by atoms with E-state index in [-0.39, 0.29) is 12.8 Å². The van der Waals surface area contributed by atoms with Crippen molar-refractivity contribution in [1.82, 2.24) is 0 Å². The molecule has 7 atom stereocenters. The van der Waals surface area contributed by atoms with Crippen molar-refractivity contribution in [2.45, 2.75) is 89.4 Å². The molecule has 1 aliphatic heterocycles. The van der Waals surface area contributed by atoms with Gasteiger partial charge in [0.25, 0.3) is 0 Å². The lowest BCUT2D eigenvalue weighted by Crippen LogP contribution is -2.58. The summed E-state index contributed by atoms with van der Waals surface area (Å²) in [5.74, 6) is -1.66. The molecule has 0 amide bonds. The van der Waals surface area contributed by atoms with Crippen LogP contribution in [0.25, 0.3) is 0 Å². The lowest BCUT2D eigenvalue weighted by molar-refractivity contribution is -0.304. The lowest BCUT2D eigenvalue weighted by atomic mass is 10.00. The number of rotatable bonds is 9. The van der Waals surface area contributed by atoms with Gasteiger partial charge in [0.1, 0.15) is 24.4 Å². The molecule has 146 valence electrons. The highest BCUT2D eigenvalue weighted by Gasteiger charge is 2.43. The fourth-order valence-electron chi connectivity index (χ4n) is 2.49. The maximum Gasteiger partial charge on any atom is 0.308 e. The van der Waals surface area contributed by atoms with Crippen LogP contribution < -0.4 is 0 Å². The number of carbonyl (C=O) groups excluding carboxylic acids is 1. The van der Waals surface area contributed by atoms with Gasteiger partial charge >= 0.3 is 11.9 Å². The van der Waals surface area contributed by atoms with Crippen molar-refractivity contribution < 1.29 is 44.2 Å². The molecular formula is C16H28O9. The fraction of sp³-hybridized carbons (Fsp3) is 0.875. The van der Waals surface area contributed by atoms with Crippen molar-refractivity contribution in [2.24, 2.45) is 0 Å². The molecule has 0 aromatic carbocycles. The van der Waals surface area contributed by atoms with Gasteiger partial charge in [-0.25, -0.2) is 0 Å². The molecule has 1 saturated heterocycles. The highest BCUT2D eigenvalue weighted by atomic mass is 16.7. The van der Waals surface area contributed by atoms with Crippen LogP contribution in [0.3, 0.4) is 0 Å². The van der Waals surface area contributed by atoms with Crippen LogP contribution in [0.5, 0.6) is 0 Å². The van der Waals surface area contributed by atoms with Crippen LogP contribution in [0.4, 0.5) is 0 Å². The molecule has 25 heavy (non-hydrogen) atoms. The molecule has 1 rings (SSSR count). The van der Waals surface area contributed by atoms with E-state index in [9.17, 15) is 24.9 Å². The summed E-state index contributed by atoms with van der Waals surface area (Å²) in [6, 6.07) is 0. The molecule has 0 aromatic rings. The summed E-state index contributed by atoms with van der Waals surface area (Å²) in [6.07, 6.45) is -7.03. The largest absolute Gasteiger partial charge is 0.481 e. The summed E-state index contributed by atoms with van der Waals surface area (Å²) in [5, 5.41) is 38.2. The molecule has 0 bridgehead atoms. The first-order valence-electron chi connectivity index (χ1n) is 8.45. The Morgan fingerprint density at radius 3 is 2.12 bits per heavy atom. The number of aliphatic hydroxyl groups is 3. The number of hydrogen-bond donors (Lipinski definition) is 4. The second kappa shape index (κ2) is 10.0. The van der Waals surface area contributed by atoms with Crippen LogP contribution in [-0.4, -0.2) is 75.3 Å². The summed E-state index contributed by atoms with van der Waals surface area (Å²) < 4.78 is 16.0. The van der Waals surface area contributed by atoms with Crippen molar-refractivity contribution in [3.8, 4) is 0 Å². The number of aliphatic hydroxyl groups excluding tert-OH is 3. The van der Waals surface area contributed by atoms with Crippen molar-refractivity contribution in [3.63, 3.8) is 0 Å². The van der Waals surface area contributed by atoms with Gasteiger partial charge < -0.3 is 34.6 Å². The van der Waals surface area contributed by atoms with E-state index in [0.717, 1.165) is 0 Å².